The Hall–Kier alpha value is -1.37. The zero-order valence-corrected chi connectivity index (χ0v) is 18.8. The van der Waals surface area contributed by atoms with Gasteiger partial charge in [-0.2, -0.15) is 0 Å². The fourth-order valence-corrected chi connectivity index (χ4v) is 3.81. The monoisotopic (exact) mass is 381 g/mol. The van der Waals surface area contributed by atoms with Crippen molar-refractivity contribution in [1.82, 2.24) is 5.32 Å². The van der Waals surface area contributed by atoms with Crippen LogP contribution in [-0.4, -0.2) is 39.6 Å². The van der Waals surface area contributed by atoms with E-state index in [1.54, 1.807) is 0 Å². The third-order valence-corrected chi connectivity index (χ3v) is 4.96. The van der Waals surface area contributed by atoms with Crippen molar-refractivity contribution >= 4 is 14.3 Å². The zero-order chi connectivity index (χ0) is 20.1. The number of benzene rings is 1. The summed E-state index contributed by atoms with van der Waals surface area (Å²) in [4.78, 5) is 11.3. The fraction of sp³-hybridized carbons (Fsp3) is 0.650. The average molecular weight is 382 g/mol. The molecule has 1 rings (SSSR count). The standard InChI is InChI=1S/C20H35NO4Si/c1-13(2)21-11-18(25-26(7,8)9)12-23-19-10-14(3)20(24-17(6)22)16(5)15(19)4/h10,13,18,21H,11-12H2,1-9H3. The summed E-state index contributed by atoms with van der Waals surface area (Å²) in [6.07, 6.45) is -0.00257. The number of nitrogens with one attached hydrogen (secondary N) is 1. The fourth-order valence-electron chi connectivity index (χ4n) is 2.66. The van der Waals surface area contributed by atoms with E-state index in [2.05, 4.69) is 38.8 Å². The van der Waals surface area contributed by atoms with E-state index in [-0.39, 0.29) is 12.1 Å². The summed E-state index contributed by atoms with van der Waals surface area (Å²) >= 11 is 0. The van der Waals surface area contributed by atoms with Crippen LogP contribution in [0.2, 0.25) is 19.6 Å². The topological polar surface area (TPSA) is 56.8 Å². The van der Waals surface area contributed by atoms with Crippen molar-refractivity contribution < 1.29 is 18.7 Å². The summed E-state index contributed by atoms with van der Waals surface area (Å²) in [6, 6.07) is 2.33. The van der Waals surface area contributed by atoms with E-state index in [1.807, 2.05) is 26.8 Å². The van der Waals surface area contributed by atoms with E-state index in [9.17, 15) is 4.79 Å². The van der Waals surface area contributed by atoms with Crippen LogP contribution in [-0.2, 0) is 9.22 Å². The first-order valence-corrected chi connectivity index (χ1v) is 12.6. The van der Waals surface area contributed by atoms with Crippen molar-refractivity contribution in [1.29, 1.82) is 0 Å². The first kappa shape index (κ1) is 22.7. The van der Waals surface area contributed by atoms with E-state index in [4.69, 9.17) is 13.9 Å². The van der Waals surface area contributed by atoms with Crippen LogP contribution in [0.15, 0.2) is 6.07 Å². The van der Waals surface area contributed by atoms with Gasteiger partial charge in [0.2, 0.25) is 0 Å². The van der Waals surface area contributed by atoms with Crippen LogP contribution in [0.25, 0.3) is 0 Å². The van der Waals surface area contributed by atoms with Crippen LogP contribution in [0.1, 0.15) is 37.5 Å². The van der Waals surface area contributed by atoms with Gasteiger partial charge in [-0.05, 0) is 63.2 Å². The Bertz CT molecular complexity index is 623. The molecule has 6 heteroatoms. The SMILES string of the molecule is CC(=O)Oc1c(C)cc(OCC(CNC(C)C)O[Si](C)(C)C)c(C)c1C. The summed E-state index contributed by atoms with van der Waals surface area (Å²) in [7, 11) is -1.67. The summed E-state index contributed by atoms with van der Waals surface area (Å²) in [5, 5.41) is 3.43. The molecule has 148 valence electrons. The smallest absolute Gasteiger partial charge is 0.308 e. The van der Waals surface area contributed by atoms with Crippen molar-refractivity contribution in [2.24, 2.45) is 0 Å². The summed E-state index contributed by atoms with van der Waals surface area (Å²) in [6.45, 7) is 19.3. The molecule has 26 heavy (non-hydrogen) atoms. The van der Waals surface area contributed by atoms with E-state index in [1.165, 1.54) is 6.92 Å². The highest BCUT2D eigenvalue weighted by molar-refractivity contribution is 6.69. The highest BCUT2D eigenvalue weighted by Crippen LogP contribution is 2.33. The molecule has 0 aromatic heterocycles. The van der Waals surface area contributed by atoms with Gasteiger partial charge in [-0.3, -0.25) is 4.79 Å². The minimum atomic E-state index is -1.67. The van der Waals surface area contributed by atoms with E-state index in [0.29, 0.717) is 18.4 Å². The molecule has 0 aliphatic heterocycles. The van der Waals surface area contributed by atoms with Crippen LogP contribution >= 0.6 is 0 Å². The molecule has 1 atom stereocenters. The molecule has 1 aromatic rings. The largest absolute Gasteiger partial charge is 0.491 e. The molecule has 0 aliphatic carbocycles. The maximum Gasteiger partial charge on any atom is 0.308 e. The molecule has 0 amide bonds. The van der Waals surface area contributed by atoms with E-state index < -0.39 is 8.32 Å². The maximum absolute atomic E-state index is 11.3. The quantitative estimate of drug-likeness (QED) is 0.396. The zero-order valence-electron chi connectivity index (χ0n) is 17.8. The van der Waals surface area contributed by atoms with Crippen LogP contribution in [0, 0.1) is 20.8 Å². The molecule has 0 aliphatic rings. The number of hydrogen-bond donors (Lipinski definition) is 1. The van der Waals surface area contributed by atoms with Crippen molar-refractivity contribution in [3.8, 4) is 11.5 Å². The average Bonchev–Trinajstić information content (AvgIpc) is 2.49. The van der Waals surface area contributed by atoms with E-state index >= 15 is 0 Å². The first-order chi connectivity index (χ1) is 11.9. The van der Waals surface area contributed by atoms with Crippen LogP contribution in [0.3, 0.4) is 0 Å². The van der Waals surface area contributed by atoms with Crippen molar-refractivity contribution in [3.05, 3.63) is 22.8 Å². The molecule has 1 aromatic carbocycles. The van der Waals surface area contributed by atoms with Crippen LogP contribution < -0.4 is 14.8 Å². The molecule has 5 nitrogen and oxygen atoms in total. The Morgan fingerprint density at radius 1 is 1.15 bits per heavy atom. The highest BCUT2D eigenvalue weighted by atomic mass is 28.4. The lowest BCUT2D eigenvalue weighted by Gasteiger charge is -2.28. The number of aryl methyl sites for hydroxylation is 1. The third-order valence-electron chi connectivity index (χ3n) is 3.92. The number of carbonyl (C=O) groups excluding carboxylic acids is 1. The summed E-state index contributed by atoms with van der Waals surface area (Å²) in [5.41, 5.74) is 2.80. The van der Waals surface area contributed by atoms with Gasteiger partial charge in [0.05, 0.1) is 6.10 Å². The van der Waals surface area contributed by atoms with Gasteiger partial charge in [0.1, 0.15) is 18.1 Å². The lowest BCUT2D eigenvalue weighted by atomic mass is 10.0. The predicted octanol–water partition coefficient (Wildman–Crippen LogP) is 4.13. The molecule has 1 unspecified atom stereocenters. The Morgan fingerprint density at radius 3 is 2.27 bits per heavy atom. The molecule has 0 saturated heterocycles. The molecule has 0 bridgehead atoms. The van der Waals surface area contributed by atoms with Gasteiger partial charge >= 0.3 is 5.97 Å². The van der Waals surface area contributed by atoms with Gasteiger partial charge in [-0.15, -0.1) is 0 Å². The molecule has 0 fully saturated rings. The lowest BCUT2D eigenvalue weighted by molar-refractivity contribution is -0.131. The van der Waals surface area contributed by atoms with Gasteiger partial charge in [0.15, 0.2) is 8.32 Å². The second kappa shape index (κ2) is 9.53. The van der Waals surface area contributed by atoms with Gasteiger partial charge in [-0.1, -0.05) is 13.8 Å². The van der Waals surface area contributed by atoms with Gasteiger partial charge in [0, 0.05) is 19.5 Å². The van der Waals surface area contributed by atoms with Crippen molar-refractivity contribution in [2.75, 3.05) is 13.2 Å². The molecular formula is C20H35NO4Si. The second-order valence-electron chi connectivity index (χ2n) is 8.09. The number of hydrogen-bond acceptors (Lipinski definition) is 5. The van der Waals surface area contributed by atoms with Crippen molar-refractivity contribution in [3.63, 3.8) is 0 Å². The second-order valence-corrected chi connectivity index (χ2v) is 12.6. The number of carbonyl (C=O) groups is 1. The van der Waals surface area contributed by atoms with E-state index in [0.717, 1.165) is 29.0 Å². The Balaban J connectivity index is 2.92. The van der Waals surface area contributed by atoms with Crippen molar-refractivity contribution in [2.45, 2.75) is 73.3 Å². The number of esters is 1. The van der Waals surface area contributed by atoms with Crippen LogP contribution in [0.5, 0.6) is 11.5 Å². The van der Waals surface area contributed by atoms with Crippen LogP contribution in [0.4, 0.5) is 0 Å². The normalized spacial score (nSPS) is 13.0. The Labute approximate surface area is 159 Å². The number of rotatable bonds is 9. The summed E-state index contributed by atoms with van der Waals surface area (Å²) in [5.74, 6) is 1.12. The molecule has 0 heterocycles. The summed E-state index contributed by atoms with van der Waals surface area (Å²) < 4.78 is 17.7. The minimum absolute atomic E-state index is 0.00257. The molecule has 1 N–H and O–H groups in total. The van der Waals surface area contributed by atoms with Gasteiger partial charge in [0.25, 0.3) is 0 Å². The lowest BCUT2D eigenvalue weighted by Crippen LogP contribution is -2.43. The minimum Gasteiger partial charge on any atom is -0.491 e. The van der Waals surface area contributed by atoms with Gasteiger partial charge < -0.3 is 19.2 Å². The van der Waals surface area contributed by atoms with Gasteiger partial charge in [-0.25, -0.2) is 0 Å². The maximum atomic E-state index is 11.3. The molecular weight excluding hydrogens is 346 g/mol. The Morgan fingerprint density at radius 2 is 1.77 bits per heavy atom. The molecule has 0 saturated carbocycles. The third kappa shape index (κ3) is 7.48. The Kier molecular flexibility index (Phi) is 8.31. The molecule has 0 radical (unpaired) electrons. The first-order valence-electron chi connectivity index (χ1n) is 9.24. The predicted molar refractivity (Wildman–Crippen MR) is 109 cm³/mol. The molecule has 0 spiro atoms. The number of ether oxygens (including phenoxy) is 2. The highest BCUT2D eigenvalue weighted by Gasteiger charge is 2.22.